The number of furan rings is 1. The zero-order valence-corrected chi connectivity index (χ0v) is 15.4. The normalized spacial score (nSPS) is 14.9. The lowest BCUT2D eigenvalue weighted by atomic mass is 10.1. The topological polar surface area (TPSA) is 88.9 Å². The third-order valence-electron chi connectivity index (χ3n) is 4.39. The van der Waals surface area contributed by atoms with Crippen LogP contribution in [-0.2, 0) is 14.3 Å². The molecule has 0 aliphatic carbocycles. The van der Waals surface area contributed by atoms with Gasteiger partial charge >= 0.3 is 5.97 Å². The second kappa shape index (κ2) is 7.47. The number of carbonyl (C=O) groups excluding carboxylic acids is 3. The lowest BCUT2D eigenvalue weighted by Crippen LogP contribution is -2.35. The molecule has 2 aromatic carbocycles. The summed E-state index contributed by atoms with van der Waals surface area (Å²) in [6.07, 6.45) is 1.40. The number of amides is 2. The molecular formula is C22H16N2O5. The SMILES string of the molecule is COC(=O)c1cccc(-c2ccc(C=C3C(=O)NN(c4ccccc4)C3=O)o2)c1. The van der Waals surface area contributed by atoms with E-state index in [-0.39, 0.29) is 5.57 Å². The molecule has 0 atom stereocenters. The van der Waals surface area contributed by atoms with Crippen molar-refractivity contribution in [1.29, 1.82) is 0 Å². The molecule has 29 heavy (non-hydrogen) atoms. The van der Waals surface area contributed by atoms with Crippen LogP contribution >= 0.6 is 0 Å². The molecule has 144 valence electrons. The first-order chi connectivity index (χ1) is 14.1. The summed E-state index contributed by atoms with van der Waals surface area (Å²) in [7, 11) is 1.31. The summed E-state index contributed by atoms with van der Waals surface area (Å²) < 4.78 is 10.5. The summed E-state index contributed by atoms with van der Waals surface area (Å²) in [5.41, 5.74) is 4.14. The van der Waals surface area contributed by atoms with Gasteiger partial charge in [-0.05, 0) is 42.5 Å². The van der Waals surface area contributed by atoms with Crippen molar-refractivity contribution in [2.24, 2.45) is 0 Å². The molecular weight excluding hydrogens is 372 g/mol. The molecule has 1 N–H and O–H groups in total. The number of hydrogen-bond donors (Lipinski definition) is 1. The molecule has 1 fully saturated rings. The number of para-hydroxylation sites is 1. The Labute approximate surface area is 166 Å². The molecule has 2 heterocycles. The molecule has 2 amide bonds. The maximum Gasteiger partial charge on any atom is 0.337 e. The van der Waals surface area contributed by atoms with Crippen LogP contribution in [0.15, 0.2) is 76.7 Å². The molecule has 0 saturated carbocycles. The zero-order valence-electron chi connectivity index (χ0n) is 15.4. The van der Waals surface area contributed by atoms with Crippen LogP contribution in [0.1, 0.15) is 16.1 Å². The van der Waals surface area contributed by atoms with Crippen LogP contribution in [0.4, 0.5) is 5.69 Å². The van der Waals surface area contributed by atoms with Crippen molar-refractivity contribution >= 4 is 29.5 Å². The van der Waals surface area contributed by atoms with Crippen LogP contribution < -0.4 is 10.4 Å². The first-order valence-electron chi connectivity index (χ1n) is 8.77. The van der Waals surface area contributed by atoms with Crippen LogP contribution in [0, 0.1) is 0 Å². The highest BCUT2D eigenvalue weighted by Crippen LogP contribution is 2.26. The second-order valence-electron chi connectivity index (χ2n) is 6.25. The number of rotatable bonds is 4. The minimum atomic E-state index is -0.510. The highest BCUT2D eigenvalue weighted by molar-refractivity contribution is 6.31. The molecule has 4 rings (SSSR count). The molecule has 1 aliphatic rings. The average Bonchev–Trinajstić information content (AvgIpc) is 3.34. The van der Waals surface area contributed by atoms with Gasteiger partial charge in [-0.2, -0.15) is 0 Å². The van der Waals surface area contributed by atoms with E-state index in [1.165, 1.54) is 18.2 Å². The van der Waals surface area contributed by atoms with Crippen LogP contribution in [0.3, 0.4) is 0 Å². The number of methoxy groups -OCH3 is 1. The number of nitrogens with one attached hydrogen (secondary N) is 1. The summed E-state index contributed by atoms with van der Waals surface area (Å²) in [4.78, 5) is 36.6. The van der Waals surface area contributed by atoms with Gasteiger partial charge in [0.1, 0.15) is 17.1 Å². The van der Waals surface area contributed by atoms with Gasteiger partial charge in [0.05, 0.1) is 18.4 Å². The molecule has 1 aromatic heterocycles. The summed E-state index contributed by atoms with van der Waals surface area (Å²) in [5.74, 6) is -0.587. The van der Waals surface area contributed by atoms with Gasteiger partial charge in [-0.1, -0.05) is 30.3 Å². The van der Waals surface area contributed by atoms with Gasteiger partial charge in [0, 0.05) is 5.56 Å². The zero-order chi connectivity index (χ0) is 20.4. The van der Waals surface area contributed by atoms with Crippen LogP contribution in [0.2, 0.25) is 0 Å². The van der Waals surface area contributed by atoms with Gasteiger partial charge < -0.3 is 9.15 Å². The Morgan fingerprint density at radius 1 is 1.03 bits per heavy atom. The largest absolute Gasteiger partial charge is 0.465 e. The molecule has 1 aliphatic heterocycles. The molecule has 7 heteroatoms. The van der Waals surface area contributed by atoms with E-state index < -0.39 is 17.8 Å². The lowest BCUT2D eigenvalue weighted by Gasteiger charge is -2.13. The van der Waals surface area contributed by atoms with E-state index in [1.807, 2.05) is 6.07 Å². The number of nitrogens with zero attached hydrogens (tertiary/aromatic N) is 1. The highest BCUT2D eigenvalue weighted by atomic mass is 16.5. The van der Waals surface area contributed by atoms with Gasteiger partial charge in [0.15, 0.2) is 0 Å². The number of anilines is 1. The number of hydrazine groups is 1. The standard InChI is InChI=1S/C22H16N2O5/c1-28-22(27)15-7-5-6-14(12-15)19-11-10-17(29-19)13-18-20(25)23-24(21(18)26)16-8-3-2-4-9-16/h2-13H,1H3,(H,23,25). The van der Waals surface area contributed by atoms with Gasteiger partial charge in [-0.15, -0.1) is 0 Å². The third-order valence-corrected chi connectivity index (χ3v) is 4.39. The van der Waals surface area contributed by atoms with Crippen molar-refractivity contribution in [3.63, 3.8) is 0 Å². The Morgan fingerprint density at radius 3 is 2.59 bits per heavy atom. The first-order valence-corrected chi connectivity index (χ1v) is 8.77. The molecule has 0 spiro atoms. The van der Waals surface area contributed by atoms with Gasteiger partial charge in [-0.25, -0.2) is 9.80 Å². The predicted molar refractivity (Wildman–Crippen MR) is 106 cm³/mol. The fraction of sp³-hybridized carbons (Fsp3) is 0.0455. The first kappa shape index (κ1) is 18.2. The molecule has 1 saturated heterocycles. The van der Waals surface area contributed by atoms with E-state index in [0.29, 0.717) is 28.3 Å². The summed E-state index contributed by atoms with van der Waals surface area (Å²) >= 11 is 0. The van der Waals surface area contributed by atoms with Gasteiger partial charge in [-0.3, -0.25) is 15.0 Å². The Bertz CT molecular complexity index is 1130. The monoisotopic (exact) mass is 388 g/mol. The van der Waals surface area contributed by atoms with Gasteiger partial charge in [0.25, 0.3) is 11.8 Å². The number of benzene rings is 2. The van der Waals surface area contributed by atoms with Crippen molar-refractivity contribution in [2.45, 2.75) is 0 Å². The maximum absolute atomic E-state index is 12.6. The highest BCUT2D eigenvalue weighted by Gasteiger charge is 2.34. The van der Waals surface area contributed by atoms with Crippen LogP contribution in [0.25, 0.3) is 17.4 Å². The molecule has 7 nitrogen and oxygen atoms in total. The predicted octanol–water partition coefficient (Wildman–Crippen LogP) is 3.19. The van der Waals surface area contributed by atoms with Crippen LogP contribution in [0.5, 0.6) is 0 Å². The minimum absolute atomic E-state index is 0.0296. The number of ether oxygens (including phenoxy) is 1. The fourth-order valence-corrected chi connectivity index (χ4v) is 2.96. The van der Waals surface area contributed by atoms with Crippen molar-refractivity contribution in [1.82, 2.24) is 5.43 Å². The quantitative estimate of drug-likeness (QED) is 0.421. The Morgan fingerprint density at radius 2 is 1.83 bits per heavy atom. The van der Waals surface area contributed by atoms with Crippen LogP contribution in [-0.4, -0.2) is 24.9 Å². The summed E-state index contributed by atoms with van der Waals surface area (Å²) in [6, 6.07) is 19.0. The van der Waals surface area contributed by atoms with Crippen molar-refractivity contribution in [3.8, 4) is 11.3 Å². The average molecular weight is 388 g/mol. The third kappa shape index (κ3) is 3.53. The number of esters is 1. The van der Waals surface area contributed by atoms with Gasteiger partial charge in [0.2, 0.25) is 0 Å². The fourth-order valence-electron chi connectivity index (χ4n) is 2.96. The maximum atomic E-state index is 12.6. The molecule has 0 bridgehead atoms. The Kier molecular flexibility index (Phi) is 4.70. The second-order valence-corrected chi connectivity index (χ2v) is 6.25. The Hall–Kier alpha value is -4.13. The van der Waals surface area contributed by atoms with E-state index in [2.05, 4.69) is 5.43 Å². The van der Waals surface area contributed by atoms with Crippen molar-refractivity contribution in [2.75, 3.05) is 12.1 Å². The van der Waals surface area contributed by atoms with Crippen molar-refractivity contribution in [3.05, 3.63) is 83.6 Å². The lowest BCUT2D eigenvalue weighted by molar-refractivity contribution is -0.117. The molecule has 0 radical (unpaired) electrons. The van der Waals surface area contributed by atoms with E-state index in [0.717, 1.165) is 0 Å². The molecule has 0 unspecified atom stereocenters. The smallest absolute Gasteiger partial charge is 0.337 e. The van der Waals surface area contributed by atoms with E-state index in [9.17, 15) is 14.4 Å². The molecule has 3 aromatic rings. The summed E-state index contributed by atoms with van der Waals surface area (Å²) in [5, 5.41) is 1.19. The summed E-state index contributed by atoms with van der Waals surface area (Å²) in [6.45, 7) is 0. The minimum Gasteiger partial charge on any atom is -0.465 e. The van der Waals surface area contributed by atoms with E-state index in [4.69, 9.17) is 9.15 Å². The number of carbonyl (C=O) groups is 3. The van der Waals surface area contributed by atoms with E-state index in [1.54, 1.807) is 60.7 Å². The van der Waals surface area contributed by atoms with E-state index >= 15 is 0 Å². The number of hydrogen-bond acceptors (Lipinski definition) is 5. The van der Waals surface area contributed by atoms with Crippen molar-refractivity contribution < 1.29 is 23.5 Å². The Balaban J connectivity index is 1.60.